The lowest BCUT2D eigenvalue weighted by molar-refractivity contribution is 1.36. The Morgan fingerprint density at radius 1 is 1.36 bits per heavy atom. The zero-order chi connectivity index (χ0) is 10.6. The smallest absolute Gasteiger partial charge is 0.0663 e. The molecule has 2 nitrogen and oxygen atoms in total. The Kier molecular flexibility index (Phi) is 3.82. The lowest BCUT2D eigenvalue weighted by Gasteiger charge is -2.02. The minimum atomic E-state index is 0.346. The van der Waals surface area contributed by atoms with E-state index in [-0.39, 0.29) is 0 Å². The molecule has 0 radical (unpaired) electrons. The normalized spacial score (nSPS) is 10.4. The van der Waals surface area contributed by atoms with Gasteiger partial charge in [0, 0.05) is 5.02 Å². The summed E-state index contributed by atoms with van der Waals surface area (Å²) in [4.78, 5) is 0. The van der Waals surface area contributed by atoms with Crippen LogP contribution < -0.4 is 5.73 Å². The summed E-state index contributed by atoms with van der Waals surface area (Å²) in [5, 5.41) is 9.32. The van der Waals surface area contributed by atoms with Gasteiger partial charge >= 0.3 is 0 Å². The Morgan fingerprint density at radius 3 is 2.71 bits per heavy atom. The van der Waals surface area contributed by atoms with Gasteiger partial charge in [0.1, 0.15) is 0 Å². The van der Waals surface area contributed by atoms with Crippen LogP contribution in [0.4, 0.5) is 5.69 Å². The molecule has 0 aromatic heterocycles. The van der Waals surface area contributed by atoms with E-state index in [1.807, 2.05) is 6.07 Å². The van der Waals surface area contributed by atoms with Crippen LogP contribution in [0.2, 0.25) is 10.0 Å². The van der Waals surface area contributed by atoms with Crippen LogP contribution in [0.15, 0.2) is 18.2 Å². The molecule has 1 aromatic rings. The Hall–Kier alpha value is -1.17. The molecule has 0 aliphatic heterocycles. The summed E-state index contributed by atoms with van der Waals surface area (Å²) in [6.45, 7) is 0. The van der Waals surface area contributed by atoms with Crippen molar-refractivity contribution in [3.63, 3.8) is 0 Å². The van der Waals surface area contributed by atoms with Gasteiger partial charge in [-0.25, -0.2) is 0 Å². The molecule has 0 unspecified atom stereocenters. The molecule has 0 atom stereocenters. The number of hydrogen-bond donors (Lipinski definition) is 1. The molecule has 0 bridgehead atoms. The predicted octanol–water partition coefficient (Wildman–Crippen LogP) is 3.50. The lowest BCUT2D eigenvalue weighted by Crippen LogP contribution is -1.87. The first-order valence-corrected chi connectivity index (χ1v) is 4.68. The van der Waals surface area contributed by atoms with Crippen LogP contribution >= 0.6 is 23.2 Å². The maximum Gasteiger partial charge on any atom is 0.0663 e. The number of anilines is 1. The first-order valence-electron chi connectivity index (χ1n) is 3.93. The summed E-state index contributed by atoms with van der Waals surface area (Å²) >= 11 is 11.7. The van der Waals surface area contributed by atoms with Crippen molar-refractivity contribution >= 4 is 35.0 Å². The zero-order valence-corrected chi connectivity index (χ0v) is 8.81. The third-order valence-electron chi connectivity index (χ3n) is 1.62. The lowest BCUT2D eigenvalue weighted by atomic mass is 10.2. The molecule has 72 valence electrons. The average Bonchev–Trinajstić information content (AvgIpc) is 2.14. The molecule has 0 saturated heterocycles. The van der Waals surface area contributed by atoms with Crippen molar-refractivity contribution in [1.82, 2.24) is 0 Å². The van der Waals surface area contributed by atoms with E-state index >= 15 is 0 Å². The highest BCUT2D eigenvalue weighted by molar-refractivity contribution is 6.36. The molecule has 0 aliphatic rings. The van der Waals surface area contributed by atoms with Gasteiger partial charge in [0.25, 0.3) is 0 Å². The van der Waals surface area contributed by atoms with E-state index in [1.54, 1.807) is 24.3 Å². The van der Waals surface area contributed by atoms with Crippen molar-refractivity contribution in [2.24, 2.45) is 0 Å². The van der Waals surface area contributed by atoms with Gasteiger partial charge in [0.15, 0.2) is 0 Å². The van der Waals surface area contributed by atoms with Crippen molar-refractivity contribution in [2.45, 2.75) is 6.42 Å². The van der Waals surface area contributed by atoms with Crippen LogP contribution in [-0.2, 0) is 0 Å². The molecular formula is C10H8Cl2N2. The van der Waals surface area contributed by atoms with Gasteiger partial charge in [-0.3, -0.25) is 0 Å². The van der Waals surface area contributed by atoms with Gasteiger partial charge in [-0.15, -0.1) is 0 Å². The standard InChI is InChI=1S/C10H8Cl2N2/c11-8-6-10(14)9(12)5-7(8)3-1-2-4-13/h1,3,5-6H,2,14H2. The van der Waals surface area contributed by atoms with E-state index in [2.05, 4.69) is 0 Å². The highest BCUT2D eigenvalue weighted by atomic mass is 35.5. The first kappa shape index (κ1) is 10.9. The summed E-state index contributed by atoms with van der Waals surface area (Å²) in [5.41, 5.74) is 6.77. The molecule has 2 N–H and O–H groups in total. The highest BCUT2D eigenvalue weighted by Crippen LogP contribution is 2.27. The molecule has 14 heavy (non-hydrogen) atoms. The van der Waals surface area contributed by atoms with Crippen molar-refractivity contribution in [3.8, 4) is 6.07 Å². The minimum Gasteiger partial charge on any atom is -0.397 e. The maximum absolute atomic E-state index is 8.33. The second-order valence-electron chi connectivity index (χ2n) is 2.66. The molecule has 4 heteroatoms. The van der Waals surface area contributed by atoms with Gasteiger partial charge in [0.2, 0.25) is 0 Å². The fourth-order valence-corrected chi connectivity index (χ4v) is 1.35. The summed E-state index contributed by atoms with van der Waals surface area (Å²) in [7, 11) is 0. The molecular weight excluding hydrogens is 219 g/mol. The highest BCUT2D eigenvalue weighted by Gasteiger charge is 2.01. The van der Waals surface area contributed by atoms with Gasteiger partial charge in [-0.05, 0) is 17.7 Å². The number of nitrogens with zero attached hydrogens (tertiary/aromatic N) is 1. The maximum atomic E-state index is 8.33. The SMILES string of the molecule is N#CCC=Cc1cc(Cl)c(N)cc1Cl. The molecule has 0 saturated carbocycles. The van der Waals surface area contributed by atoms with Crippen LogP contribution in [-0.4, -0.2) is 0 Å². The van der Waals surface area contributed by atoms with E-state index in [0.29, 0.717) is 22.2 Å². The summed E-state index contributed by atoms with van der Waals surface area (Å²) in [6, 6.07) is 5.26. The Bertz CT molecular complexity index is 405. The number of benzene rings is 1. The third kappa shape index (κ3) is 2.66. The fourth-order valence-electron chi connectivity index (χ4n) is 0.944. The van der Waals surface area contributed by atoms with Crippen LogP contribution in [0.25, 0.3) is 6.08 Å². The molecule has 1 rings (SSSR count). The van der Waals surface area contributed by atoms with E-state index in [0.717, 1.165) is 5.56 Å². The van der Waals surface area contributed by atoms with Gasteiger partial charge in [-0.2, -0.15) is 5.26 Å². The molecule has 0 amide bonds. The monoisotopic (exact) mass is 226 g/mol. The second kappa shape index (κ2) is 4.90. The molecule has 0 fully saturated rings. The zero-order valence-electron chi connectivity index (χ0n) is 7.30. The molecule has 0 spiro atoms. The first-order chi connectivity index (χ1) is 6.65. The van der Waals surface area contributed by atoms with E-state index < -0.39 is 0 Å². The van der Waals surface area contributed by atoms with Crippen LogP contribution in [0.3, 0.4) is 0 Å². The second-order valence-corrected chi connectivity index (χ2v) is 3.47. The summed E-state index contributed by atoms with van der Waals surface area (Å²) in [6.07, 6.45) is 3.81. The van der Waals surface area contributed by atoms with Crippen molar-refractivity contribution < 1.29 is 0 Å². The molecule has 1 aromatic carbocycles. The van der Waals surface area contributed by atoms with Crippen molar-refractivity contribution in [1.29, 1.82) is 5.26 Å². The Labute approximate surface area is 92.5 Å². The number of nitrogen functional groups attached to an aromatic ring is 1. The number of allylic oxidation sites excluding steroid dienone is 1. The Morgan fingerprint density at radius 2 is 2.07 bits per heavy atom. The van der Waals surface area contributed by atoms with Crippen LogP contribution in [0.5, 0.6) is 0 Å². The number of nitriles is 1. The van der Waals surface area contributed by atoms with Gasteiger partial charge < -0.3 is 5.73 Å². The van der Waals surface area contributed by atoms with Crippen LogP contribution in [0, 0.1) is 11.3 Å². The Balaban J connectivity index is 2.99. The number of rotatable bonds is 2. The van der Waals surface area contributed by atoms with Crippen molar-refractivity contribution in [2.75, 3.05) is 5.73 Å². The fraction of sp³-hybridized carbons (Fsp3) is 0.100. The van der Waals surface area contributed by atoms with Crippen LogP contribution in [0.1, 0.15) is 12.0 Å². The largest absolute Gasteiger partial charge is 0.397 e. The minimum absolute atomic E-state index is 0.346. The quantitative estimate of drug-likeness (QED) is 0.786. The third-order valence-corrected chi connectivity index (χ3v) is 2.28. The van der Waals surface area contributed by atoms with Gasteiger partial charge in [0.05, 0.1) is 23.2 Å². The number of halogens is 2. The van der Waals surface area contributed by atoms with E-state index in [1.165, 1.54) is 0 Å². The van der Waals surface area contributed by atoms with Gasteiger partial charge in [-0.1, -0.05) is 35.4 Å². The summed E-state index contributed by atoms with van der Waals surface area (Å²) < 4.78 is 0. The van der Waals surface area contributed by atoms with E-state index in [4.69, 9.17) is 34.2 Å². The molecule has 0 aliphatic carbocycles. The number of hydrogen-bond acceptors (Lipinski definition) is 2. The topological polar surface area (TPSA) is 49.8 Å². The molecule has 0 heterocycles. The average molecular weight is 227 g/mol. The summed E-state index contributed by atoms with van der Waals surface area (Å²) in [5.74, 6) is 0. The van der Waals surface area contributed by atoms with E-state index in [9.17, 15) is 0 Å². The predicted molar refractivity (Wildman–Crippen MR) is 60.1 cm³/mol. The number of nitrogens with two attached hydrogens (primary N) is 1. The van der Waals surface area contributed by atoms with Crippen molar-refractivity contribution in [3.05, 3.63) is 33.8 Å².